The summed E-state index contributed by atoms with van der Waals surface area (Å²) in [6.07, 6.45) is 2.09. The van der Waals surface area contributed by atoms with E-state index in [0.29, 0.717) is 17.8 Å². The van der Waals surface area contributed by atoms with Crippen molar-refractivity contribution in [1.82, 2.24) is 5.32 Å². The van der Waals surface area contributed by atoms with Crippen molar-refractivity contribution in [1.29, 1.82) is 0 Å². The van der Waals surface area contributed by atoms with E-state index in [9.17, 15) is 4.79 Å². The fourth-order valence-electron chi connectivity index (χ4n) is 3.82. The molecule has 1 saturated heterocycles. The van der Waals surface area contributed by atoms with E-state index in [2.05, 4.69) is 50.0 Å². The molecule has 3 rings (SSSR count). The zero-order chi connectivity index (χ0) is 18.3. The number of thioether (sulfide) groups is 1. The van der Waals surface area contributed by atoms with E-state index >= 15 is 0 Å². The fourth-order valence-corrected chi connectivity index (χ4v) is 4.80. The molecule has 3 heteroatoms. The largest absolute Gasteiger partial charge is 0.320 e. The van der Waals surface area contributed by atoms with Gasteiger partial charge >= 0.3 is 0 Å². The first kappa shape index (κ1) is 20.8. The van der Waals surface area contributed by atoms with Gasteiger partial charge in [0.1, 0.15) is 0 Å². The number of rotatable bonds is 3. The van der Waals surface area contributed by atoms with Gasteiger partial charge < -0.3 is 5.32 Å². The Morgan fingerprint density at radius 3 is 2.08 bits per heavy atom. The van der Waals surface area contributed by atoms with E-state index in [1.807, 2.05) is 27.7 Å². The first-order chi connectivity index (χ1) is 11.6. The maximum atomic E-state index is 11.9. The van der Waals surface area contributed by atoms with Crippen LogP contribution in [0.3, 0.4) is 0 Å². The normalized spacial score (nSPS) is 27.4. The van der Waals surface area contributed by atoms with Crippen molar-refractivity contribution in [2.45, 2.75) is 71.5 Å². The maximum absolute atomic E-state index is 11.9. The van der Waals surface area contributed by atoms with Crippen LogP contribution in [0, 0.1) is 5.92 Å². The van der Waals surface area contributed by atoms with Gasteiger partial charge in [-0.15, -0.1) is 0 Å². The van der Waals surface area contributed by atoms with Gasteiger partial charge in [-0.1, -0.05) is 84.1 Å². The topological polar surface area (TPSA) is 29.1 Å². The standard InChI is InChI=1S/C17H21NOS.2C2H6/c1-4-12-10(2)15(14-8-6-5-7-13(12)14)9-16-17(19)18-11(3)20-16;2*1-2/h5-8,10,12,15-16H,3-4,9H2,1-2H3,(H,18,19);2*1-2H3. The number of hydrogen-bond acceptors (Lipinski definition) is 2. The number of nitrogens with one attached hydrogen (secondary N) is 1. The van der Waals surface area contributed by atoms with Crippen molar-refractivity contribution < 1.29 is 4.79 Å². The first-order valence-corrected chi connectivity index (χ1v) is 10.2. The lowest BCUT2D eigenvalue weighted by Crippen LogP contribution is -2.24. The molecule has 4 unspecified atom stereocenters. The van der Waals surface area contributed by atoms with Crippen LogP contribution in [0.2, 0.25) is 0 Å². The third kappa shape index (κ3) is 4.24. The van der Waals surface area contributed by atoms with Crippen LogP contribution in [0.25, 0.3) is 0 Å². The number of hydrogen-bond donors (Lipinski definition) is 1. The minimum atomic E-state index is 0.0265. The summed E-state index contributed by atoms with van der Waals surface area (Å²) in [4.78, 5) is 11.9. The van der Waals surface area contributed by atoms with Crippen LogP contribution in [0.4, 0.5) is 0 Å². The Balaban J connectivity index is 0.000000671. The third-order valence-electron chi connectivity index (χ3n) is 4.81. The molecule has 1 amide bonds. The van der Waals surface area contributed by atoms with Crippen LogP contribution in [0.1, 0.15) is 77.3 Å². The second-order valence-corrected chi connectivity index (χ2v) is 7.16. The predicted octanol–water partition coefficient (Wildman–Crippen LogP) is 6.06. The zero-order valence-electron chi connectivity index (χ0n) is 16.1. The molecule has 2 nitrogen and oxygen atoms in total. The lowest BCUT2D eigenvalue weighted by atomic mass is 9.84. The van der Waals surface area contributed by atoms with Gasteiger partial charge in [0.05, 0.1) is 10.3 Å². The van der Waals surface area contributed by atoms with Crippen LogP contribution in [-0.4, -0.2) is 11.2 Å². The highest BCUT2D eigenvalue weighted by molar-refractivity contribution is 8.04. The number of benzene rings is 1. The minimum Gasteiger partial charge on any atom is -0.320 e. The summed E-state index contributed by atoms with van der Waals surface area (Å²) in [5, 5.41) is 3.66. The van der Waals surface area contributed by atoms with Crippen LogP contribution >= 0.6 is 11.8 Å². The van der Waals surface area contributed by atoms with Gasteiger partial charge in [-0.3, -0.25) is 4.79 Å². The zero-order valence-corrected chi connectivity index (χ0v) is 16.9. The molecule has 0 spiro atoms. The number of fused-ring (bicyclic) bond motifs is 1. The van der Waals surface area contributed by atoms with Gasteiger partial charge in [0.15, 0.2) is 0 Å². The second kappa shape index (κ2) is 9.93. The quantitative estimate of drug-likeness (QED) is 0.720. The molecule has 1 aliphatic heterocycles. The maximum Gasteiger partial charge on any atom is 0.238 e. The Kier molecular flexibility index (Phi) is 8.61. The summed E-state index contributed by atoms with van der Waals surface area (Å²) < 4.78 is 0. The molecule has 134 valence electrons. The molecular weight excluding hydrogens is 314 g/mol. The van der Waals surface area contributed by atoms with Crippen LogP contribution in [0.5, 0.6) is 0 Å². The SMILES string of the molecule is C=C1NC(=O)C(CC2c3ccccc3C(CC)C2C)S1.CC.CC. The molecule has 24 heavy (non-hydrogen) atoms. The van der Waals surface area contributed by atoms with Gasteiger partial charge in [0.2, 0.25) is 5.91 Å². The Hall–Kier alpha value is -1.22. The summed E-state index contributed by atoms with van der Waals surface area (Å²) >= 11 is 1.59. The molecule has 0 radical (unpaired) electrons. The van der Waals surface area contributed by atoms with E-state index in [1.54, 1.807) is 11.8 Å². The van der Waals surface area contributed by atoms with Crippen molar-refractivity contribution in [2.24, 2.45) is 5.92 Å². The van der Waals surface area contributed by atoms with Gasteiger partial charge in [-0.2, -0.15) is 0 Å². The van der Waals surface area contributed by atoms with E-state index < -0.39 is 0 Å². The van der Waals surface area contributed by atoms with Crippen molar-refractivity contribution in [2.75, 3.05) is 0 Å². The van der Waals surface area contributed by atoms with Crippen LogP contribution in [0.15, 0.2) is 35.9 Å². The molecule has 2 aliphatic rings. The first-order valence-electron chi connectivity index (χ1n) is 9.37. The third-order valence-corrected chi connectivity index (χ3v) is 5.89. The lowest BCUT2D eigenvalue weighted by molar-refractivity contribution is -0.119. The van der Waals surface area contributed by atoms with Gasteiger partial charge in [0.25, 0.3) is 0 Å². The van der Waals surface area contributed by atoms with E-state index in [-0.39, 0.29) is 11.2 Å². The van der Waals surface area contributed by atoms with E-state index in [4.69, 9.17) is 0 Å². The molecule has 4 atom stereocenters. The molecule has 0 bridgehead atoms. The monoisotopic (exact) mass is 347 g/mol. The molecule has 0 saturated carbocycles. The Bertz CT molecular complexity index is 555. The molecule has 1 aromatic carbocycles. The molecule has 1 fully saturated rings. The lowest BCUT2D eigenvalue weighted by Gasteiger charge is -2.22. The number of carbonyl (C=O) groups excluding carboxylic acids is 1. The summed E-state index contributed by atoms with van der Waals surface area (Å²) in [7, 11) is 0. The average molecular weight is 348 g/mol. The summed E-state index contributed by atoms with van der Waals surface area (Å²) in [6, 6.07) is 8.77. The van der Waals surface area contributed by atoms with Gasteiger partial charge in [-0.05, 0) is 41.7 Å². The number of amides is 1. The molecule has 1 aliphatic carbocycles. The Morgan fingerprint density at radius 1 is 1.08 bits per heavy atom. The van der Waals surface area contributed by atoms with E-state index in [1.165, 1.54) is 17.5 Å². The highest BCUT2D eigenvalue weighted by Gasteiger charge is 2.40. The molecular formula is C21H33NOS. The summed E-state index contributed by atoms with van der Waals surface area (Å²) in [5.41, 5.74) is 2.95. The average Bonchev–Trinajstić information content (AvgIpc) is 3.08. The number of carbonyl (C=O) groups is 1. The van der Waals surface area contributed by atoms with Crippen LogP contribution in [-0.2, 0) is 4.79 Å². The van der Waals surface area contributed by atoms with Crippen LogP contribution < -0.4 is 5.32 Å². The van der Waals surface area contributed by atoms with Gasteiger partial charge in [0, 0.05) is 0 Å². The van der Waals surface area contributed by atoms with Crippen molar-refractivity contribution in [3.63, 3.8) is 0 Å². The van der Waals surface area contributed by atoms with Crippen molar-refractivity contribution >= 4 is 17.7 Å². The van der Waals surface area contributed by atoms with Gasteiger partial charge in [-0.25, -0.2) is 0 Å². The Morgan fingerprint density at radius 2 is 1.62 bits per heavy atom. The Labute approximate surface area is 152 Å². The van der Waals surface area contributed by atoms with E-state index in [0.717, 1.165) is 11.4 Å². The molecule has 1 N–H and O–H groups in total. The molecule has 1 aromatic rings. The van der Waals surface area contributed by atoms with Crippen molar-refractivity contribution in [3.8, 4) is 0 Å². The highest BCUT2D eigenvalue weighted by atomic mass is 32.2. The highest BCUT2D eigenvalue weighted by Crippen LogP contribution is 2.51. The summed E-state index contributed by atoms with van der Waals surface area (Å²) in [5.74, 6) is 1.86. The molecule has 1 heterocycles. The predicted molar refractivity (Wildman–Crippen MR) is 107 cm³/mol. The second-order valence-electron chi connectivity index (χ2n) is 5.86. The smallest absolute Gasteiger partial charge is 0.238 e. The van der Waals surface area contributed by atoms with Crippen molar-refractivity contribution in [3.05, 3.63) is 47.0 Å². The summed E-state index contributed by atoms with van der Waals surface area (Å²) in [6.45, 7) is 16.5. The molecule has 0 aromatic heterocycles. The minimum absolute atomic E-state index is 0.0265. The fraction of sp³-hybridized carbons (Fsp3) is 0.571.